The lowest BCUT2D eigenvalue weighted by atomic mass is 9.83. The minimum absolute atomic E-state index is 0.115. The average Bonchev–Trinajstić information content (AvgIpc) is 2.83. The Kier molecular flexibility index (Phi) is 4.11. The molecule has 0 spiro atoms. The number of aromatic nitrogens is 2. The number of halogens is 1. The SMILES string of the molecule is CC(C)(C)C(=Cn1ccnc1)Cc1ccc(Cl)cc1. The van der Waals surface area contributed by atoms with Crippen LogP contribution in [0, 0.1) is 5.41 Å². The molecule has 2 rings (SSSR count). The number of rotatable bonds is 3. The highest BCUT2D eigenvalue weighted by Crippen LogP contribution is 2.29. The van der Waals surface area contributed by atoms with Gasteiger partial charge in [0, 0.05) is 23.6 Å². The second-order valence-electron chi connectivity index (χ2n) is 5.72. The Bertz CT molecular complexity index is 545. The van der Waals surface area contributed by atoms with Crippen molar-refractivity contribution in [1.29, 1.82) is 0 Å². The summed E-state index contributed by atoms with van der Waals surface area (Å²) in [6, 6.07) is 8.04. The van der Waals surface area contributed by atoms with Crippen molar-refractivity contribution in [2.24, 2.45) is 5.41 Å². The van der Waals surface area contributed by atoms with Crippen LogP contribution >= 0.6 is 11.6 Å². The van der Waals surface area contributed by atoms with Gasteiger partial charge in [-0.3, -0.25) is 0 Å². The molecule has 0 amide bonds. The fraction of sp³-hybridized carbons (Fsp3) is 0.312. The number of benzene rings is 1. The monoisotopic (exact) mass is 274 g/mol. The van der Waals surface area contributed by atoms with Gasteiger partial charge in [0.2, 0.25) is 0 Å². The van der Waals surface area contributed by atoms with Crippen LogP contribution in [0.15, 0.2) is 48.6 Å². The lowest BCUT2D eigenvalue weighted by molar-refractivity contribution is 0.493. The molecule has 0 saturated heterocycles. The Hall–Kier alpha value is -1.54. The van der Waals surface area contributed by atoms with Crippen molar-refractivity contribution in [3.63, 3.8) is 0 Å². The van der Waals surface area contributed by atoms with Crippen LogP contribution in [0.2, 0.25) is 5.02 Å². The molecule has 0 radical (unpaired) electrons. The largest absolute Gasteiger partial charge is 0.313 e. The Balaban J connectivity index is 2.27. The third kappa shape index (κ3) is 3.97. The van der Waals surface area contributed by atoms with Crippen LogP contribution in [0.3, 0.4) is 0 Å². The van der Waals surface area contributed by atoms with Gasteiger partial charge in [-0.05, 0) is 35.1 Å². The van der Waals surface area contributed by atoms with E-state index in [1.165, 1.54) is 11.1 Å². The quantitative estimate of drug-likeness (QED) is 0.795. The van der Waals surface area contributed by atoms with E-state index < -0.39 is 0 Å². The molecule has 19 heavy (non-hydrogen) atoms. The molecule has 2 aromatic rings. The highest BCUT2D eigenvalue weighted by molar-refractivity contribution is 6.30. The summed E-state index contributed by atoms with van der Waals surface area (Å²) in [5.74, 6) is 0. The summed E-state index contributed by atoms with van der Waals surface area (Å²) in [5, 5.41) is 0.777. The lowest BCUT2D eigenvalue weighted by Gasteiger charge is -2.23. The van der Waals surface area contributed by atoms with E-state index in [-0.39, 0.29) is 5.41 Å². The third-order valence-corrected chi connectivity index (χ3v) is 3.35. The lowest BCUT2D eigenvalue weighted by Crippen LogP contribution is -2.12. The van der Waals surface area contributed by atoms with Gasteiger partial charge in [0.25, 0.3) is 0 Å². The molecule has 100 valence electrons. The first-order valence-electron chi connectivity index (χ1n) is 6.38. The van der Waals surface area contributed by atoms with Crippen molar-refractivity contribution < 1.29 is 0 Å². The number of hydrogen-bond acceptors (Lipinski definition) is 1. The molecule has 0 saturated carbocycles. The molecular formula is C16H19ClN2. The Morgan fingerprint density at radius 1 is 1.26 bits per heavy atom. The van der Waals surface area contributed by atoms with Crippen LogP contribution in [0.5, 0.6) is 0 Å². The summed E-state index contributed by atoms with van der Waals surface area (Å²) in [6.07, 6.45) is 8.63. The molecule has 3 heteroatoms. The molecule has 0 atom stereocenters. The summed E-state index contributed by atoms with van der Waals surface area (Å²) in [5.41, 5.74) is 2.74. The van der Waals surface area contributed by atoms with Crippen LogP contribution < -0.4 is 0 Å². The minimum Gasteiger partial charge on any atom is -0.313 e. The number of nitrogens with zero attached hydrogens (tertiary/aromatic N) is 2. The van der Waals surface area contributed by atoms with E-state index in [0.717, 1.165) is 11.4 Å². The van der Waals surface area contributed by atoms with Gasteiger partial charge < -0.3 is 4.57 Å². The topological polar surface area (TPSA) is 17.8 Å². The number of hydrogen-bond donors (Lipinski definition) is 0. The summed E-state index contributed by atoms with van der Waals surface area (Å²) >= 11 is 5.93. The summed E-state index contributed by atoms with van der Waals surface area (Å²) in [6.45, 7) is 6.68. The molecule has 0 N–H and O–H groups in total. The highest BCUT2D eigenvalue weighted by Gasteiger charge is 2.17. The van der Waals surface area contributed by atoms with Crippen LogP contribution in [0.1, 0.15) is 26.3 Å². The van der Waals surface area contributed by atoms with Gasteiger partial charge in [0.1, 0.15) is 0 Å². The summed E-state index contributed by atoms with van der Waals surface area (Å²) < 4.78 is 2.00. The molecule has 2 nitrogen and oxygen atoms in total. The maximum atomic E-state index is 5.93. The van der Waals surface area contributed by atoms with Crippen LogP contribution in [0.25, 0.3) is 6.20 Å². The molecular weight excluding hydrogens is 256 g/mol. The maximum Gasteiger partial charge on any atom is 0.0986 e. The van der Waals surface area contributed by atoms with Crippen molar-refractivity contribution >= 4 is 17.8 Å². The molecule has 0 unspecified atom stereocenters. The van der Waals surface area contributed by atoms with Gasteiger partial charge in [-0.25, -0.2) is 4.98 Å². The average molecular weight is 275 g/mol. The van der Waals surface area contributed by atoms with E-state index in [4.69, 9.17) is 11.6 Å². The fourth-order valence-corrected chi connectivity index (χ4v) is 1.98. The van der Waals surface area contributed by atoms with Gasteiger partial charge >= 0.3 is 0 Å². The zero-order chi connectivity index (χ0) is 13.9. The number of allylic oxidation sites excluding steroid dienone is 1. The fourth-order valence-electron chi connectivity index (χ4n) is 1.85. The minimum atomic E-state index is 0.115. The first kappa shape index (κ1) is 13.9. The van der Waals surface area contributed by atoms with Crippen molar-refractivity contribution in [3.8, 4) is 0 Å². The standard InChI is InChI=1S/C16H19ClN2/c1-16(2,3)14(11-19-9-8-18-12-19)10-13-4-6-15(17)7-5-13/h4-9,11-12H,10H2,1-3H3. The normalized spacial score (nSPS) is 12.7. The van der Waals surface area contributed by atoms with E-state index in [2.05, 4.69) is 44.1 Å². The van der Waals surface area contributed by atoms with Gasteiger partial charge in [-0.1, -0.05) is 44.5 Å². The Morgan fingerprint density at radius 3 is 2.47 bits per heavy atom. The van der Waals surface area contributed by atoms with Gasteiger partial charge in [0.15, 0.2) is 0 Å². The zero-order valence-electron chi connectivity index (χ0n) is 11.6. The Labute approximate surface area is 119 Å². The Morgan fingerprint density at radius 2 is 1.95 bits per heavy atom. The molecule has 0 aliphatic heterocycles. The maximum absolute atomic E-state index is 5.93. The third-order valence-electron chi connectivity index (χ3n) is 3.10. The van der Waals surface area contributed by atoms with E-state index >= 15 is 0 Å². The first-order chi connectivity index (χ1) is 8.95. The molecule has 0 aliphatic carbocycles. The highest BCUT2D eigenvalue weighted by atomic mass is 35.5. The smallest absolute Gasteiger partial charge is 0.0986 e. The van der Waals surface area contributed by atoms with Crippen molar-refractivity contribution in [2.75, 3.05) is 0 Å². The first-order valence-corrected chi connectivity index (χ1v) is 6.76. The van der Waals surface area contributed by atoms with Crippen molar-refractivity contribution in [1.82, 2.24) is 9.55 Å². The van der Waals surface area contributed by atoms with Crippen molar-refractivity contribution in [3.05, 3.63) is 59.1 Å². The number of imidazole rings is 1. The van der Waals surface area contributed by atoms with Gasteiger partial charge in [-0.15, -0.1) is 0 Å². The molecule has 0 bridgehead atoms. The summed E-state index contributed by atoms with van der Waals surface area (Å²) in [7, 11) is 0. The predicted molar refractivity (Wildman–Crippen MR) is 81.1 cm³/mol. The molecule has 1 aromatic carbocycles. The van der Waals surface area contributed by atoms with Crippen LogP contribution in [0.4, 0.5) is 0 Å². The van der Waals surface area contributed by atoms with Gasteiger partial charge in [0.05, 0.1) is 6.33 Å². The predicted octanol–water partition coefficient (Wildman–Crippen LogP) is 4.67. The van der Waals surface area contributed by atoms with Crippen LogP contribution in [-0.2, 0) is 6.42 Å². The van der Waals surface area contributed by atoms with Gasteiger partial charge in [-0.2, -0.15) is 0 Å². The van der Waals surface area contributed by atoms with E-state index in [1.54, 1.807) is 6.20 Å². The van der Waals surface area contributed by atoms with E-state index in [1.807, 2.05) is 29.2 Å². The zero-order valence-corrected chi connectivity index (χ0v) is 12.4. The van der Waals surface area contributed by atoms with Crippen molar-refractivity contribution in [2.45, 2.75) is 27.2 Å². The molecule has 0 aliphatic rings. The molecule has 1 heterocycles. The summed E-state index contributed by atoms with van der Waals surface area (Å²) in [4.78, 5) is 4.08. The van der Waals surface area contributed by atoms with Crippen LogP contribution in [-0.4, -0.2) is 9.55 Å². The second-order valence-corrected chi connectivity index (χ2v) is 6.15. The second kappa shape index (κ2) is 5.62. The van der Waals surface area contributed by atoms with E-state index in [9.17, 15) is 0 Å². The molecule has 0 fully saturated rings. The van der Waals surface area contributed by atoms with E-state index in [0.29, 0.717) is 0 Å². The molecule has 1 aromatic heterocycles.